The quantitative estimate of drug-likeness (QED) is 0.895. The van der Waals surface area contributed by atoms with Crippen LogP contribution in [0.5, 0.6) is 0 Å². The summed E-state index contributed by atoms with van der Waals surface area (Å²) in [5.41, 5.74) is 1.11. The molecule has 0 radical (unpaired) electrons. The molecule has 0 aromatic heterocycles. The van der Waals surface area contributed by atoms with Crippen molar-refractivity contribution in [2.75, 3.05) is 0 Å². The average molecular weight is 302 g/mol. The second-order valence-electron chi connectivity index (χ2n) is 3.58. The molecular formula is C12H14BrClN2. The number of nitrogens with zero attached hydrogens (tertiary/aromatic N) is 1. The van der Waals surface area contributed by atoms with E-state index in [1.165, 1.54) is 0 Å². The first-order valence-electron chi connectivity index (χ1n) is 5.21. The number of nitrogens with one attached hydrogen (secondary N) is 1. The van der Waals surface area contributed by atoms with E-state index in [1.807, 2.05) is 18.2 Å². The van der Waals surface area contributed by atoms with E-state index in [-0.39, 0.29) is 6.04 Å². The van der Waals surface area contributed by atoms with Crippen molar-refractivity contribution in [3.05, 3.63) is 33.3 Å². The summed E-state index contributed by atoms with van der Waals surface area (Å²) in [7, 11) is 0. The summed E-state index contributed by atoms with van der Waals surface area (Å²) in [6.45, 7) is 2.79. The Morgan fingerprint density at radius 1 is 1.56 bits per heavy atom. The lowest BCUT2D eigenvalue weighted by Crippen LogP contribution is -2.27. The molecule has 0 aliphatic carbocycles. The van der Waals surface area contributed by atoms with Gasteiger partial charge in [0.15, 0.2) is 0 Å². The monoisotopic (exact) mass is 300 g/mol. The van der Waals surface area contributed by atoms with Crippen molar-refractivity contribution < 1.29 is 0 Å². The molecule has 0 bridgehead atoms. The molecule has 1 rings (SSSR count). The molecule has 1 aromatic rings. The van der Waals surface area contributed by atoms with Gasteiger partial charge in [-0.3, -0.25) is 0 Å². The smallest absolute Gasteiger partial charge is 0.0638 e. The molecule has 0 amide bonds. The minimum atomic E-state index is 0.246. The highest BCUT2D eigenvalue weighted by atomic mass is 79.9. The first kappa shape index (κ1) is 13.5. The summed E-state index contributed by atoms with van der Waals surface area (Å²) in [6, 6.07) is 8.14. The second-order valence-corrected chi connectivity index (χ2v) is 4.87. The molecule has 4 heteroatoms. The zero-order chi connectivity index (χ0) is 12.0. The minimum absolute atomic E-state index is 0.246. The molecular weight excluding hydrogens is 288 g/mol. The van der Waals surface area contributed by atoms with Crippen molar-refractivity contribution in [1.29, 1.82) is 5.26 Å². The molecule has 1 aromatic carbocycles. The number of hydrogen-bond acceptors (Lipinski definition) is 2. The fraction of sp³-hybridized carbons (Fsp3) is 0.417. The summed E-state index contributed by atoms with van der Waals surface area (Å²) in [4.78, 5) is 0. The van der Waals surface area contributed by atoms with Gasteiger partial charge in [-0.05, 0) is 30.2 Å². The number of rotatable bonds is 5. The first-order valence-corrected chi connectivity index (χ1v) is 6.38. The predicted molar refractivity (Wildman–Crippen MR) is 70.3 cm³/mol. The summed E-state index contributed by atoms with van der Waals surface area (Å²) >= 11 is 9.40. The molecule has 0 heterocycles. The molecule has 0 fully saturated rings. The number of nitriles is 1. The van der Waals surface area contributed by atoms with Crippen LogP contribution in [0.25, 0.3) is 0 Å². The van der Waals surface area contributed by atoms with Crippen LogP contribution in [0.4, 0.5) is 0 Å². The van der Waals surface area contributed by atoms with Gasteiger partial charge >= 0.3 is 0 Å². The highest BCUT2D eigenvalue weighted by Gasteiger charge is 2.06. The van der Waals surface area contributed by atoms with Crippen LogP contribution >= 0.6 is 27.5 Å². The van der Waals surface area contributed by atoms with Gasteiger partial charge in [0.2, 0.25) is 0 Å². The van der Waals surface area contributed by atoms with Crippen LogP contribution in [0.1, 0.15) is 25.3 Å². The van der Waals surface area contributed by atoms with Gasteiger partial charge in [-0.1, -0.05) is 34.5 Å². The van der Waals surface area contributed by atoms with Crippen molar-refractivity contribution in [3.8, 4) is 6.07 Å². The third-order valence-electron chi connectivity index (χ3n) is 2.42. The molecule has 0 saturated carbocycles. The molecule has 0 aliphatic heterocycles. The van der Waals surface area contributed by atoms with Crippen LogP contribution in [0.15, 0.2) is 22.7 Å². The minimum Gasteiger partial charge on any atom is -0.309 e. The Morgan fingerprint density at radius 3 is 2.94 bits per heavy atom. The van der Waals surface area contributed by atoms with Gasteiger partial charge in [0, 0.05) is 22.1 Å². The Hall–Kier alpha value is -0.560. The van der Waals surface area contributed by atoms with Crippen LogP contribution in [-0.4, -0.2) is 6.04 Å². The van der Waals surface area contributed by atoms with E-state index in [9.17, 15) is 0 Å². The standard InChI is InChI=1S/C12H14BrClN2/c1-2-11(5-6-15)16-8-9-7-10(14)3-4-12(9)13/h3-4,7,11,16H,2,5,8H2,1H3. The van der Waals surface area contributed by atoms with Gasteiger partial charge in [0.1, 0.15) is 0 Å². The lowest BCUT2D eigenvalue weighted by molar-refractivity contribution is 0.504. The van der Waals surface area contributed by atoms with Gasteiger partial charge in [-0.2, -0.15) is 5.26 Å². The van der Waals surface area contributed by atoms with Gasteiger partial charge in [0.25, 0.3) is 0 Å². The maximum Gasteiger partial charge on any atom is 0.0638 e. The first-order chi connectivity index (χ1) is 7.67. The molecule has 1 unspecified atom stereocenters. The summed E-state index contributed by atoms with van der Waals surface area (Å²) in [5, 5.41) is 12.7. The van der Waals surface area contributed by atoms with Crippen molar-refractivity contribution in [3.63, 3.8) is 0 Å². The average Bonchev–Trinajstić information content (AvgIpc) is 2.28. The van der Waals surface area contributed by atoms with Gasteiger partial charge in [0.05, 0.1) is 12.5 Å². The van der Waals surface area contributed by atoms with Gasteiger partial charge < -0.3 is 5.32 Å². The summed E-state index contributed by atoms with van der Waals surface area (Å²) < 4.78 is 1.04. The van der Waals surface area contributed by atoms with Crippen LogP contribution in [-0.2, 0) is 6.54 Å². The van der Waals surface area contributed by atoms with E-state index >= 15 is 0 Å². The topological polar surface area (TPSA) is 35.8 Å². The molecule has 0 aliphatic rings. The highest BCUT2D eigenvalue weighted by molar-refractivity contribution is 9.10. The zero-order valence-electron chi connectivity index (χ0n) is 9.13. The molecule has 2 nitrogen and oxygen atoms in total. The third kappa shape index (κ3) is 4.13. The molecule has 1 N–H and O–H groups in total. The zero-order valence-corrected chi connectivity index (χ0v) is 11.5. The number of hydrogen-bond donors (Lipinski definition) is 1. The van der Waals surface area contributed by atoms with E-state index in [0.717, 1.165) is 28.0 Å². The van der Waals surface area contributed by atoms with Crippen molar-refractivity contribution in [2.24, 2.45) is 0 Å². The van der Waals surface area contributed by atoms with Crippen molar-refractivity contribution >= 4 is 27.5 Å². The molecule has 0 saturated heterocycles. The van der Waals surface area contributed by atoms with Gasteiger partial charge in [-0.15, -0.1) is 0 Å². The molecule has 1 atom stereocenters. The molecule has 86 valence electrons. The Labute approximate surface area is 110 Å². The lowest BCUT2D eigenvalue weighted by atomic mass is 10.1. The van der Waals surface area contributed by atoms with E-state index in [4.69, 9.17) is 16.9 Å². The second kappa shape index (κ2) is 6.90. The van der Waals surface area contributed by atoms with Crippen LogP contribution in [0.3, 0.4) is 0 Å². The summed E-state index contributed by atoms with van der Waals surface area (Å²) in [5.74, 6) is 0. The van der Waals surface area contributed by atoms with Crippen LogP contribution in [0.2, 0.25) is 5.02 Å². The lowest BCUT2D eigenvalue weighted by Gasteiger charge is -2.14. The Balaban J connectivity index is 2.60. The maximum absolute atomic E-state index is 8.64. The summed E-state index contributed by atoms with van der Waals surface area (Å²) in [6.07, 6.45) is 1.49. The van der Waals surface area contributed by atoms with Crippen molar-refractivity contribution in [2.45, 2.75) is 32.4 Å². The SMILES string of the molecule is CCC(CC#N)NCc1cc(Cl)ccc1Br. The fourth-order valence-electron chi connectivity index (χ4n) is 1.40. The predicted octanol–water partition coefficient (Wildman–Crippen LogP) is 3.88. The van der Waals surface area contributed by atoms with E-state index < -0.39 is 0 Å². The highest BCUT2D eigenvalue weighted by Crippen LogP contribution is 2.21. The van der Waals surface area contributed by atoms with E-state index in [1.54, 1.807) is 0 Å². The Bertz CT molecular complexity index is 387. The third-order valence-corrected chi connectivity index (χ3v) is 3.43. The van der Waals surface area contributed by atoms with E-state index in [0.29, 0.717) is 6.42 Å². The molecule has 0 spiro atoms. The Kier molecular flexibility index (Phi) is 5.83. The van der Waals surface area contributed by atoms with Crippen molar-refractivity contribution in [1.82, 2.24) is 5.32 Å². The number of halogens is 2. The largest absolute Gasteiger partial charge is 0.309 e. The van der Waals surface area contributed by atoms with Gasteiger partial charge in [-0.25, -0.2) is 0 Å². The van der Waals surface area contributed by atoms with Crippen LogP contribution in [0, 0.1) is 11.3 Å². The fourth-order valence-corrected chi connectivity index (χ4v) is 1.99. The van der Waals surface area contributed by atoms with E-state index in [2.05, 4.69) is 34.2 Å². The Morgan fingerprint density at radius 2 is 2.31 bits per heavy atom. The van der Waals surface area contributed by atoms with Crippen LogP contribution < -0.4 is 5.32 Å². The normalized spacial score (nSPS) is 12.1. The maximum atomic E-state index is 8.64. The number of benzene rings is 1. The molecule has 16 heavy (non-hydrogen) atoms.